The van der Waals surface area contributed by atoms with Crippen molar-refractivity contribution < 1.29 is 9.53 Å². The lowest BCUT2D eigenvalue weighted by Gasteiger charge is -2.11. The average molecular weight is 369 g/mol. The zero-order valence-electron chi connectivity index (χ0n) is 15.5. The van der Waals surface area contributed by atoms with Gasteiger partial charge in [0.15, 0.2) is 5.17 Å². The Morgan fingerprint density at radius 1 is 1.23 bits per heavy atom. The van der Waals surface area contributed by atoms with Gasteiger partial charge in [0, 0.05) is 30.7 Å². The number of amidine groups is 1. The number of aliphatic imine (C=N–C) groups is 1. The number of aromatic nitrogens is 1. The third-order valence-corrected chi connectivity index (χ3v) is 5.22. The highest BCUT2D eigenvalue weighted by Gasteiger charge is 2.31. The first-order valence-electron chi connectivity index (χ1n) is 8.66. The van der Waals surface area contributed by atoms with Gasteiger partial charge in [-0.25, -0.2) is 0 Å². The molecule has 0 saturated carbocycles. The van der Waals surface area contributed by atoms with Gasteiger partial charge in [-0.2, -0.15) is 0 Å². The van der Waals surface area contributed by atoms with E-state index < -0.39 is 0 Å². The molecule has 1 saturated heterocycles. The van der Waals surface area contributed by atoms with E-state index in [2.05, 4.69) is 22.5 Å². The molecule has 0 N–H and O–H groups in total. The largest absolute Gasteiger partial charge is 0.497 e. The van der Waals surface area contributed by atoms with Crippen LogP contribution in [0.25, 0.3) is 11.8 Å². The summed E-state index contributed by atoms with van der Waals surface area (Å²) in [5.74, 6) is 0.857. The molecule has 26 heavy (non-hydrogen) atoms. The molecule has 1 amide bonds. The van der Waals surface area contributed by atoms with Gasteiger partial charge >= 0.3 is 0 Å². The van der Waals surface area contributed by atoms with E-state index in [1.807, 2.05) is 50.4 Å². The number of aryl methyl sites for hydroxylation is 1. The van der Waals surface area contributed by atoms with Crippen molar-refractivity contribution in [1.82, 2.24) is 9.47 Å². The minimum atomic E-state index is 0.0274. The summed E-state index contributed by atoms with van der Waals surface area (Å²) in [6, 6.07) is 9.99. The summed E-state index contributed by atoms with van der Waals surface area (Å²) < 4.78 is 7.32. The minimum absolute atomic E-state index is 0.0274. The molecule has 1 aromatic carbocycles. The number of rotatable bonds is 5. The van der Waals surface area contributed by atoms with Crippen molar-refractivity contribution in [2.45, 2.75) is 20.8 Å². The molecule has 0 unspecified atom stereocenters. The van der Waals surface area contributed by atoms with Crippen LogP contribution in [0.1, 0.15) is 25.1 Å². The predicted molar refractivity (Wildman–Crippen MR) is 108 cm³/mol. The van der Waals surface area contributed by atoms with E-state index in [9.17, 15) is 4.79 Å². The first-order valence-corrected chi connectivity index (χ1v) is 9.48. The van der Waals surface area contributed by atoms with Crippen LogP contribution in [0.15, 0.2) is 46.4 Å². The molecule has 5 nitrogen and oxygen atoms in total. The van der Waals surface area contributed by atoms with E-state index in [4.69, 9.17) is 4.74 Å². The molecule has 2 heterocycles. The third-order valence-electron chi connectivity index (χ3n) is 4.18. The third kappa shape index (κ3) is 3.55. The Morgan fingerprint density at radius 2 is 1.96 bits per heavy atom. The van der Waals surface area contributed by atoms with Crippen LogP contribution in [0, 0.1) is 6.92 Å². The molecule has 6 heteroatoms. The Hall–Kier alpha value is -2.47. The number of hydrogen-bond acceptors (Lipinski definition) is 4. The molecule has 136 valence electrons. The van der Waals surface area contributed by atoms with E-state index in [1.54, 1.807) is 12.0 Å². The zero-order valence-corrected chi connectivity index (χ0v) is 16.3. The molecule has 1 fully saturated rings. The molecule has 0 bridgehead atoms. The second-order valence-electron chi connectivity index (χ2n) is 5.90. The fourth-order valence-corrected chi connectivity index (χ4v) is 4.00. The van der Waals surface area contributed by atoms with Crippen LogP contribution in [-0.2, 0) is 4.79 Å². The van der Waals surface area contributed by atoms with Gasteiger partial charge in [0.05, 0.1) is 12.0 Å². The molecular weight excluding hydrogens is 346 g/mol. The highest BCUT2D eigenvalue weighted by Crippen LogP contribution is 2.32. The number of likely N-dealkylation sites (N-methyl/N-ethyl adjacent to an activating group) is 1. The number of carbonyl (C=O) groups excluding carboxylic acids is 1. The smallest absolute Gasteiger partial charge is 0.266 e. The Labute approximate surface area is 158 Å². The molecule has 1 aliphatic heterocycles. The van der Waals surface area contributed by atoms with Crippen LogP contribution in [0.4, 0.5) is 0 Å². The van der Waals surface area contributed by atoms with E-state index >= 15 is 0 Å². The second-order valence-corrected chi connectivity index (χ2v) is 6.91. The highest BCUT2D eigenvalue weighted by molar-refractivity contribution is 8.18. The first kappa shape index (κ1) is 18.3. The number of amides is 1. The van der Waals surface area contributed by atoms with Crippen LogP contribution in [0.2, 0.25) is 0 Å². The molecule has 2 aromatic rings. The van der Waals surface area contributed by atoms with Crippen LogP contribution in [0.3, 0.4) is 0 Å². The van der Waals surface area contributed by atoms with E-state index in [-0.39, 0.29) is 5.91 Å². The average Bonchev–Trinajstić information content (AvgIpc) is 3.15. The van der Waals surface area contributed by atoms with Gasteiger partial charge in [-0.05, 0) is 74.5 Å². The quantitative estimate of drug-likeness (QED) is 0.745. The number of thioether (sulfide) groups is 1. The summed E-state index contributed by atoms with van der Waals surface area (Å²) in [5.41, 5.74) is 3.16. The van der Waals surface area contributed by atoms with Gasteiger partial charge in [0.25, 0.3) is 5.91 Å². The molecule has 1 aromatic heterocycles. The predicted octanol–water partition coefficient (Wildman–Crippen LogP) is 4.11. The van der Waals surface area contributed by atoms with E-state index in [1.165, 1.54) is 11.8 Å². The number of methoxy groups -OCH3 is 1. The van der Waals surface area contributed by atoms with Crippen LogP contribution in [0.5, 0.6) is 5.75 Å². The van der Waals surface area contributed by atoms with Gasteiger partial charge in [0.1, 0.15) is 5.75 Å². The Balaban J connectivity index is 1.90. The molecule has 0 spiro atoms. The molecular formula is C20H23N3O2S. The van der Waals surface area contributed by atoms with Crippen molar-refractivity contribution in [3.05, 3.63) is 52.7 Å². The number of hydrogen-bond donors (Lipinski definition) is 0. The lowest BCUT2D eigenvalue weighted by atomic mass is 10.3. The Bertz CT molecular complexity index is 866. The standard InChI is InChI=1S/C20H23N3O2S/c1-5-21-20-22(6-2)19(24)18(26-20)12-15-11-14(3)23(13-15)16-7-9-17(25-4)10-8-16/h7-13H,5-6H2,1-4H3/b18-12+,21-20?. The van der Waals surface area contributed by atoms with Crippen molar-refractivity contribution in [1.29, 1.82) is 0 Å². The molecule has 0 aliphatic carbocycles. The van der Waals surface area contributed by atoms with Crippen molar-refractivity contribution in [3.8, 4) is 11.4 Å². The van der Waals surface area contributed by atoms with Gasteiger partial charge in [-0.1, -0.05) is 0 Å². The van der Waals surface area contributed by atoms with Gasteiger partial charge in [-0.3, -0.25) is 14.7 Å². The zero-order chi connectivity index (χ0) is 18.7. The van der Waals surface area contributed by atoms with Crippen LogP contribution < -0.4 is 4.74 Å². The lowest BCUT2D eigenvalue weighted by molar-refractivity contribution is -0.122. The fraction of sp³-hybridized carbons (Fsp3) is 0.300. The van der Waals surface area contributed by atoms with Crippen LogP contribution >= 0.6 is 11.8 Å². The van der Waals surface area contributed by atoms with Gasteiger partial charge in [0.2, 0.25) is 0 Å². The molecule has 0 atom stereocenters. The van der Waals surface area contributed by atoms with Gasteiger partial charge < -0.3 is 9.30 Å². The number of benzene rings is 1. The Morgan fingerprint density at radius 3 is 2.58 bits per heavy atom. The number of nitrogens with zero attached hydrogens (tertiary/aromatic N) is 3. The lowest BCUT2D eigenvalue weighted by Crippen LogP contribution is -2.28. The number of carbonyl (C=O) groups is 1. The monoisotopic (exact) mass is 369 g/mol. The van der Waals surface area contributed by atoms with Crippen LogP contribution in [-0.4, -0.2) is 40.7 Å². The maximum atomic E-state index is 12.6. The topological polar surface area (TPSA) is 46.8 Å². The summed E-state index contributed by atoms with van der Waals surface area (Å²) in [7, 11) is 1.66. The summed E-state index contributed by atoms with van der Waals surface area (Å²) >= 11 is 1.45. The maximum Gasteiger partial charge on any atom is 0.266 e. The first-order chi connectivity index (χ1) is 12.6. The normalized spacial score (nSPS) is 17.5. The molecule has 0 radical (unpaired) electrons. The van der Waals surface area contributed by atoms with Crippen molar-refractivity contribution in [3.63, 3.8) is 0 Å². The van der Waals surface area contributed by atoms with E-state index in [0.717, 1.165) is 27.9 Å². The van der Waals surface area contributed by atoms with Crippen molar-refractivity contribution in [2.75, 3.05) is 20.2 Å². The summed E-state index contributed by atoms with van der Waals surface area (Å²) in [4.78, 5) is 19.5. The maximum absolute atomic E-state index is 12.6. The highest BCUT2D eigenvalue weighted by atomic mass is 32.2. The SMILES string of the molecule is CCN=C1S/C(=C/c2cc(C)n(-c3ccc(OC)cc3)c2)C(=O)N1CC. The summed E-state index contributed by atoms with van der Waals surface area (Å²) in [6.07, 6.45) is 3.99. The Kier molecular flexibility index (Phi) is 5.52. The van der Waals surface area contributed by atoms with E-state index in [0.29, 0.717) is 18.0 Å². The summed E-state index contributed by atoms with van der Waals surface area (Å²) in [5, 5.41) is 0.789. The number of ether oxygens (including phenoxy) is 1. The van der Waals surface area contributed by atoms with Crippen molar-refractivity contribution >= 4 is 28.9 Å². The van der Waals surface area contributed by atoms with Crippen molar-refractivity contribution in [2.24, 2.45) is 4.99 Å². The fourth-order valence-electron chi connectivity index (χ4n) is 2.89. The molecule has 1 aliphatic rings. The van der Waals surface area contributed by atoms with Gasteiger partial charge in [-0.15, -0.1) is 0 Å². The molecule has 3 rings (SSSR count). The summed E-state index contributed by atoms with van der Waals surface area (Å²) in [6.45, 7) is 7.31. The minimum Gasteiger partial charge on any atom is -0.497 e. The second kappa shape index (κ2) is 7.83.